The molecule has 0 bridgehead atoms. The lowest BCUT2D eigenvalue weighted by atomic mass is 10.0. The van der Waals surface area contributed by atoms with Gasteiger partial charge in [0, 0.05) is 5.56 Å². The molecule has 2 aromatic rings. The minimum Gasteiger partial charge on any atom is -0.298 e. The van der Waals surface area contributed by atoms with Crippen LogP contribution in [0.4, 0.5) is 0 Å². The van der Waals surface area contributed by atoms with E-state index in [0.717, 1.165) is 23.0 Å². The van der Waals surface area contributed by atoms with Crippen molar-refractivity contribution < 1.29 is 4.79 Å². The molecule has 0 saturated carbocycles. The fraction of sp³-hybridized carbons (Fsp3) is 0.0667. The third-order valence-corrected chi connectivity index (χ3v) is 2.59. The first-order valence-corrected chi connectivity index (χ1v) is 5.35. The number of hydrogen-bond acceptors (Lipinski definition) is 2. The molecule has 0 fully saturated rings. The second-order valence-corrected chi connectivity index (χ2v) is 3.78. The number of benzene rings is 2. The number of aldehydes is 1. The Labute approximate surface area is 100 Å². The maximum atomic E-state index is 10.7. The largest absolute Gasteiger partial charge is 0.298 e. The summed E-state index contributed by atoms with van der Waals surface area (Å²) < 4.78 is 0. The fourth-order valence-electron chi connectivity index (χ4n) is 1.70. The number of nitrogens with zero attached hydrogens (tertiary/aromatic N) is 1. The molecule has 2 heteroatoms. The second kappa shape index (κ2) is 5.09. The smallest absolute Gasteiger partial charge is 0.150 e. The molecule has 2 rings (SSSR count). The van der Waals surface area contributed by atoms with E-state index in [1.165, 1.54) is 0 Å². The van der Waals surface area contributed by atoms with Gasteiger partial charge in [0.05, 0.1) is 12.5 Å². The molecule has 82 valence electrons. The van der Waals surface area contributed by atoms with Crippen LogP contribution in [0.25, 0.3) is 11.1 Å². The summed E-state index contributed by atoms with van der Waals surface area (Å²) in [6.07, 6.45) is 1.27. The first kappa shape index (κ1) is 11.1. The zero-order chi connectivity index (χ0) is 12.1. The van der Waals surface area contributed by atoms with Gasteiger partial charge >= 0.3 is 0 Å². The van der Waals surface area contributed by atoms with Gasteiger partial charge in [-0.15, -0.1) is 0 Å². The molecule has 0 N–H and O–H groups in total. The van der Waals surface area contributed by atoms with Crippen LogP contribution < -0.4 is 0 Å². The van der Waals surface area contributed by atoms with Crippen LogP contribution in [0.2, 0.25) is 0 Å². The summed E-state index contributed by atoms with van der Waals surface area (Å²) in [5.74, 6) is 0. The van der Waals surface area contributed by atoms with E-state index in [9.17, 15) is 4.79 Å². The van der Waals surface area contributed by atoms with Crippen LogP contribution in [0.1, 0.15) is 15.9 Å². The van der Waals surface area contributed by atoms with Gasteiger partial charge in [0.2, 0.25) is 0 Å². The maximum absolute atomic E-state index is 10.7. The number of hydrogen-bond donors (Lipinski definition) is 0. The van der Waals surface area contributed by atoms with E-state index in [4.69, 9.17) is 5.26 Å². The van der Waals surface area contributed by atoms with E-state index in [1.807, 2.05) is 42.5 Å². The predicted molar refractivity (Wildman–Crippen MR) is 66.6 cm³/mol. The van der Waals surface area contributed by atoms with Crippen molar-refractivity contribution in [2.45, 2.75) is 6.42 Å². The Balaban J connectivity index is 2.33. The topological polar surface area (TPSA) is 40.9 Å². The summed E-state index contributed by atoms with van der Waals surface area (Å²) in [5, 5.41) is 8.59. The van der Waals surface area contributed by atoms with Crippen LogP contribution in [0.3, 0.4) is 0 Å². The van der Waals surface area contributed by atoms with E-state index < -0.39 is 0 Å². The van der Waals surface area contributed by atoms with Crippen molar-refractivity contribution in [3.05, 3.63) is 59.7 Å². The van der Waals surface area contributed by atoms with Crippen molar-refractivity contribution in [2.75, 3.05) is 0 Å². The Morgan fingerprint density at radius 3 is 2.47 bits per heavy atom. The van der Waals surface area contributed by atoms with Gasteiger partial charge in [-0.2, -0.15) is 5.26 Å². The number of nitriles is 1. The minimum absolute atomic E-state index is 0.425. The summed E-state index contributed by atoms with van der Waals surface area (Å²) in [6.45, 7) is 0. The monoisotopic (exact) mass is 221 g/mol. The molecule has 17 heavy (non-hydrogen) atoms. The van der Waals surface area contributed by atoms with Gasteiger partial charge in [-0.1, -0.05) is 42.5 Å². The standard InChI is InChI=1S/C15H11NO/c16-9-8-12-4-6-14(7-5-12)15-3-1-2-13(10-15)11-17/h1-7,10-11H,8H2. The highest BCUT2D eigenvalue weighted by atomic mass is 16.1. The van der Waals surface area contributed by atoms with E-state index >= 15 is 0 Å². The predicted octanol–water partition coefficient (Wildman–Crippen LogP) is 3.23. The van der Waals surface area contributed by atoms with Crippen LogP contribution in [0, 0.1) is 11.3 Å². The number of carbonyl (C=O) groups is 1. The first-order valence-electron chi connectivity index (χ1n) is 5.35. The molecule has 0 saturated heterocycles. The van der Waals surface area contributed by atoms with Gasteiger partial charge < -0.3 is 0 Å². The van der Waals surface area contributed by atoms with Gasteiger partial charge in [-0.05, 0) is 22.8 Å². The van der Waals surface area contributed by atoms with Crippen molar-refractivity contribution in [2.24, 2.45) is 0 Å². The van der Waals surface area contributed by atoms with Crippen molar-refractivity contribution in [1.29, 1.82) is 5.26 Å². The Morgan fingerprint density at radius 1 is 1.06 bits per heavy atom. The van der Waals surface area contributed by atoms with Crippen molar-refractivity contribution in [3.63, 3.8) is 0 Å². The zero-order valence-electron chi connectivity index (χ0n) is 9.26. The van der Waals surface area contributed by atoms with E-state index in [1.54, 1.807) is 6.07 Å². The van der Waals surface area contributed by atoms with E-state index in [2.05, 4.69) is 6.07 Å². The van der Waals surface area contributed by atoms with Crippen molar-refractivity contribution in [1.82, 2.24) is 0 Å². The highest BCUT2D eigenvalue weighted by molar-refractivity contribution is 5.78. The molecule has 0 aliphatic heterocycles. The number of carbonyl (C=O) groups excluding carboxylic acids is 1. The van der Waals surface area contributed by atoms with Crippen LogP contribution in [-0.4, -0.2) is 6.29 Å². The van der Waals surface area contributed by atoms with Crippen molar-refractivity contribution >= 4 is 6.29 Å². The fourth-order valence-corrected chi connectivity index (χ4v) is 1.70. The van der Waals surface area contributed by atoms with Gasteiger partial charge in [-0.3, -0.25) is 4.79 Å². The summed E-state index contributed by atoms with van der Waals surface area (Å²) in [4.78, 5) is 10.7. The quantitative estimate of drug-likeness (QED) is 0.746. The summed E-state index contributed by atoms with van der Waals surface area (Å²) in [5.41, 5.74) is 3.74. The molecule has 2 nitrogen and oxygen atoms in total. The molecular weight excluding hydrogens is 210 g/mol. The molecule has 0 aliphatic rings. The first-order chi connectivity index (χ1) is 8.33. The maximum Gasteiger partial charge on any atom is 0.150 e. The molecule has 0 radical (unpaired) electrons. The SMILES string of the molecule is N#CCc1ccc(-c2cccc(C=O)c2)cc1. The average Bonchev–Trinajstić information content (AvgIpc) is 2.40. The molecule has 0 heterocycles. The lowest BCUT2D eigenvalue weighted by Gasteiger charge is -2.03. The minimum atomic E-state index is 0.425. The highest BCUT2D eigenvalue weighted by Crippen LogP contribution is 2.20. The molecule has 0 aliphatic carbocycles. The van der Waals surface area contributed by atoms with Crippen LogP contribution in [-0.2, 0) is 6.42 Å². The van der Waals surface area contributed by atoms with Crippen LogP contribution in [0.5, 0.6) is 0 Å². The molecule has 0 unspecified atom stereocenters. The van der Waals surface area contributed by atoms with E-state index in [-0.39, 0.29) is 0 Å². The molecule has 0 amide bonds. The van der Waals surface area contributed by atoms with Crippen LogP contribution >= 0.6 is 0 Å². The lowest BCUT2D eigenvalue weighted by molar-refractivity contribution is 0.112. The molecule has 0 atom stereocenters. The Morgan fingerprint density at radius 2 is 1.82 bits per heavy atom. The summed E-state index contributed by atoms with van der Waals surface area (Å²) >= 11 is 0. The van der Waals surface area contributed by atoms with Crippen molar-refractivity contribution in [3.8, 4) is 17.2 Å². The lowest BCUT2D eigenvalue weighted by Crippen LogP contribution is -1.84. The third kappa shape index (κ3) is 2.59. The van der Waals surface area contributed by atoms with E-state index in [0.29, 0.717) is 12.0 Å². The Kier molecular flexibility index (Phi) is 3.32. The van der Waals surface area contributed by atoms with Gasteiger partial charge in [-0.25, -0.2) is 0 Å². The molecule has 0 spiro atoms. The second-order valence-electron chi connectivity index (χ2n) is 3.78. The third-order valence-electron chi connectivity index (χ3n) is 2.59. The highest BCUT2D eigenvalue weighted by Gasteiger charge is 1.99. The Bertz CT molecular complexity index is 564. The molecule has 2 aromatic carbocycles. The number of rotatable bonds is 3. The van der Waals surface area contributed by atoms with Gasteiger partial charge in [0.25, 0.3) is 0 Å². The summed E-state index contributed by atoms with van der Waals surface area (Å²) in [6, 6.07) is 17.4. The normalized spacial score (nSPS) is 9.59. The average molecular weight is 221 g/mol. The zero-order valence-corrected chi connectivity index (χ0v) is 9.26. The summed E-state index contributed by atoms with van der Waals surface area (Å²) in [7, 11) is 0. The molecule has 0 aromatic heterocycles. The molecular formula is C15H11NO. The Hall–Kier alpha value is -2.40. The van der Waals surface area contributed by atoms with Crippen LogP contribution in [0.15, 0.2) is 48.5 Å². The van der Waals surface area contributed by atoms with Gasteiger partial charge in [0.15, 0.2) is 0 Å². The van der Waals surface area contributed by atoms with Gasteiger partial charge in [0.1, 0.15) is 6.29 Å².